The zero-order valence-corrected chi connectivity index (χ0v) is 17.6. The minimum Gasteiger partial charge on any atom is -0.457 e. The minimum absolute atomic E-state index is 0.802. The van der Waals surface area contributed by atoms with Crippen molar-refractivity contribution in [1.29, 1.82) is 0 Å². The highest BCUT2D eigenvalue weighted by atomic mass is 16.5. The second-order valence-corrected chi connectivity index (χ2v) is 7.27. The van der Waals surface area contributed by atoms with Crippen molar-refractivity contribution in [1.82, 2.24) is 4.98 Å². The van der Waals surface area contributed by atoms with Crippen molar-refractivity contribution in [3.05, 3.63) is 108 Å². The van der Waals surface area contributed by atoms with E-state index in [1.165, 1.54) is 0 Å². The van der Waals surface area contributed by atoms with Gasteiger partial charge in [-0.1, -0.05) is 42.5 Å². The molecule has 2 aromatic carbocycles. The maximum Gasteiger partial charge on any atom is 0.128 e. The molecule has 2 heteroatoms. The number of hydrogen-bond acceptors (Lipinski definition) is 2. The molecule has 0 aliphatic carbocycles. The molecule has 2 nitrogen and oxygen atoms in total. The Morgan fingerprint density at radius 2 is 1.69 bits per heavy atom. The van der Waals surface area contributed by atoms with Gasteiger partial charge in [-0.15, -0.1) is 0 Å². The van der Waals surface area contributed by atoms with Gasteiger partial charge < -0.3 is 4.74 Å². The fourth-order valence-corrected chi connectivity index (χ4v) is 3.26. The molecule has 146 valence electrons. The summed E-state index contributed by atoms with van der Waals surface area (Å²) in [6, 6.07) is 18.4. The van der Waals surface area contributed by atoms with E-state index in [0.717, 1.165) is 50.6 Å². The lowest BCUT2D eigenvalue weighted by Gasteiger charge is -2.13. The van der Waals surface area contributed by atoms with E-state index in [9.17, 15) is 0 Å². The first kappa shape index (κ1) is 20.3. The summed E-state index contributed by atoms with van der Waals surface area (Å²) < 4.78 is 6.27. The van der Waals surface area contributed by atoms with Crippen LogP contribution in [0.1, 0.15) is 30.5 Å². The van der Waals surface area contributed by atoms with Crippen molar-refractivity contribution in [3.8, 4) is 22.8 Å². The number of benzene rings is 2. The van der Waals surface area contributed by atoms with Crippen molar-refractivity contribution in [2.24, 2.45) is 0 Å². The molecule has 1 heterocycles. The zero-order valence-electron chi connectivity index (χ0n) is 17.6. The molecular formula is C27H27NO. The van der Waals surface area contributed by atoms with Crippen LogP contribution >= 0.6 is 0 Å². The highest BCUT2D eigenvalue weighted by Gasteiger charge is 2.08. The largest absolute Gasteiger partial charge is 0.457 e. The van der Waals surface area contributed by atoms with Gasteiger partial charge in [-0.05, 0) is 92.4 Å². The molecule has 0 bridgehead atoms. The van der Waals surface area contributed by atoms with Crippen LogP contribution < -0.4 is 4.74 Å². The third kappa shape index (κ3) is 5.32. The molecule has 0 saturated heterocycles. The Balaban J connectivity index is 1.98. The quantitative estimate of drug-likeness (QED) is 0.408. The number of pyridine rings is 1. The summed E-state index contributed by atoms with van der Waals surface area (Å²) in [4.78, 5) is 4.46. The molecule has 0 radical (unpaired) electrons. The van der Waals surface area contributed by atoms with Crippen LogP contribution in [0.4, 0.5) is 0 Å². The van der Waals surface area contributed by atoms with Gasteiger partial charge in [0.1, 0.15) is 11.5 Å². The Morgan fingerprint density at radius 1 is 0.966 bits per heavy atom. The molecule has 3 aromatic rings. The van der Waals surface area contributed by atoms with E-state index in [1.807, 2.05) is 56.3 Å². The molecule has 0 fully saturated rings. The number of aryl methyl sites for hydroxylation is 2. The van der Waals surface area contributed by atoms with Gasteiger partial charge >= 0.3 is 0 Å². The van der Waals surface area contributed by atoms with Crippen LogP contribution in [0.25, 0.3) is 16.8 Å². The summed E-state index contributed by atoms with van der Waals surface area (Å²) in [6.45, 7) is 12.3. The van der Waals surface area contributed by atoms with E-state index in [-0.39, 0.29) is 0 Å². The molecule has 0 N–H and O–H groups in total. The molecule has 3 rings (SSSR count). The Bertz CT molecular complexity index is 1070. The molecule has 0 amide bonds. The molecule has 0 aliphatic heterocycles. The molecule has 1 aromatic heterocycles. The predicted octanol–water partition coefficient (Wildman–Crippen LogP) is 7.69. The minimum atomic E-state index is 0.802. The van der Waals surface area contributed by atoms with Gasteiger partial charge in [0.15, 0.2) is 0 Å². The van der Waals surface area contributed by atoms with Crippen LogP contribution in [0, 0.1) is 13.8 Å². The Kier molecular flexibility index (Phi) is 6.46. The van der Waals surface area contributed by atoms with Crippen molar-refractivity contribution in [2.45, 2.75) is 27.7 Å². The number of rotatable bonds is 6. The zero-order chi connectivity index (χ0) is 20.8. The van der Waals surface area contributed by atoms with E-state index in [1.54, 1.807) is 6.20 Å². The highest BCUT2D eigenvalue weighted by Crippen LogP contribution is 2.32. The summed E-state index contributed by atoms with van der Waals surface area (Å²) in [7, 11) is 0. The van der Waals surface area contributed by atoms with E-state index < -0.39 is 0 Å². The van der Waals surface area contributed by atoms with E-state index in [0.29, 0.717) is 0 Å². The van der Waals surface area contributed by atoms with Crippen LogP contribution in [-0.2, 0) is 0 Å². The molecule has 29 heavy (non-hydrogen) atoms. The smallest absolute Gasteiger partial charge is 0.128 e. The molecule has 0 saturated carbocycles. The SMILES string of the molecule is C=C(C)/C(=C\C=C/C)c1cc(C)cc(Oc2cc(C)cc(-c3ccccn3)c2)c1. The van der Waals surface area contributed by atoms with E-state index in [4.69, 9.17) is 4.74 Å². The lowest BCUT2D eigenvalue weighted by atomic mass is 9.97. The second-order valence-electron chi connectivity index (χ2n) is 7.27. The van der Waals surface area contributed by atoms with Crippen molar-refractivity contribution in [3.63, 3.8) is 0 Å². The summed E-state index contributed by atoms with van der Waals surface area (Å²) >= 11 is 0. The van der Waals surface area contributed by atoms with Crippen molar-refractivity contribution in [2.75, 3.05) is 0 Å². The van der Waals surface area contributed by atoms with Crippen LogP contribution in [0.2, 0.25) is 0 Å². The summed E-state index contributed by atoms with van der Waals surface area (Å²) in [6.07, 6.45) is 7.95. The molecule has 0 spiro atoms. The summed E-state index contributed by atoms with van der Waals surface area (Å²) in [5.74, 6) is 1.61. The fourth-order valence-electron chi connectivity index (χ4n) is 3.26. The Labute approximate surface area is 173 Å². The van der Waals surface area contributed by atoms with Gasteiger partial charge in [-0.3, -0.25) is 4.98 Å². The standard InChI is InChI=1S/C27H27NO/c1-6-7-10-26(19(2)3)22-13-20(4)15-24(17-22)29-25-16-21(5)14-23(18-25)27-11-8-9-12-28-27/h6-18H,2H2,1,3-5H3/b7-6-,26-10+. The third-order valence-corrected chi connectivity index (χ3v) is 4.52. The molecule has 0 unspecified atom stereocenters. The summed E-state index contributed by atoms with van der Waals surface area (Å²) in [5.41, 5.74) is 7.48. The molecule has 0 aliphatic rings. The average molecular weight is 382 g/mol. The van der Waals surface area contributed by atoms with Gasteiger partial charge in [-0.25, -0.2) is 0 Å². The van der Waals surface area contributed by atoms with Gasteiger partial charge in [0, 0.05) is 11.8 Å². The molecule has 0 atom stereocenters. The first-order chi connectivity index (χ1) is 14.0. The molecular weight excluding hydrogens is 354 g/mol. The lowest BCUT2D eigenvalue weighted by Crippen LogP contribution is -1.92. The maximum absolute atomic E-state index is 6.27. The number of aromatic nitrogens is 1. The number of allylic oxidation sites excluding steroid dienone is 5. The normalized spacial score (nSPS) is 11.7. The van der Waals surface area contributed by atoms with E-state index in [2.05, 4.69) is 55.8 Å². The average Bonchev–Trinajstić information content (AvgIpc) is 2.68. The van der Waals surface area contributed by atoms with Gasteiger partial charge in [0.2, 0.25) is 0 Å². The van der Waals surface area contributed by atoms with Gasteiger partial charge in [-0.2, -0.15) is 0 Å². The monoisotopic (exact) mass is 381 g/mol. The second kappa shape index (κ2) is 9.20. The predicted molar refractivity (Wildman–Crippen MR) is 123 cm³/mol. The van der Waals surface area contributed by atoms with Crippen LogP contribution in [-0.4, -0.2) is 4.98 Å². The lowest BCUT2D eigenvalue weighted by molar-refractivity contribution is 0.482. The summed E-state index contributed by atoms with van der Waals surface area (Å²) in [5, 5.41) is 0. The van der Waals surface area contributed by atoms with E-state index >= 15 is 0 Å². The Morgan fingerprint density at radius 3 is 2.34 bits per heavy atom. The maximum atomic E-state index is 6.27. The Hall–Kier alpha value is -3.39. The highest BCUT2D eigenvalue weighted by molar-refractivity contribution is 5.80. The first-order valence-electron chi connectivity index (χ1n) is 9.78. The number of nitrogens with zero attached hydrogens (tertiary/aromatic N) is 1. The van der Waals surface area contributed by atoms with Crippen molar-refractivity contribution >= 4 is 5.57 Å². The fraction of sp³-hybridized carbons (Fsp3) is 0.148. The van der Waals surface area contributed by atoms with Gasteiger partial charge in [0.05, 0.1) is 5.69 Å². The third-order valence-electron chi connectivity index (χ3n) is 4.52. The number of ether oxygens (including phenoxy) is 1. The van der Waals surface area contributed by atoms with Crippen molar-refractivity contribution < 1.29 is 4.74 Å². The van der Waals surface area contributed by atoms with Crippen LogP contribution in [0.5, 0.6) is 11.5 Å². The topological polar surface area (TPSA) is 22.1 Å². The number of hydrogen-bond donors (Lipinski definition) is 0. The van der Waals surface area contributed by atoms with Crippen LogP contribution in [0.15, 0.2) is 91.2 Å². The first-order valence-corrected chi connectivity index (χ1v) is 9.78. The van der Waals surface area contributed by atoms with Crippen LogP contribution in [0.3, 0.4) is 0 Å². The van der Waals surface area contributed by atoms with Gasteiger partial charge in [0.25, 0.3) is 0 Å².